The fraction of sp³-hybridized carbons (Fsp3) is 1.00. The lowest BCUT2D eigenvalue weighted by Gasteiger charge is -2.15. The van der Waals surface area contributed by atoms with Crippen molar-refractivity contribution in [2.24, 2.45) is 5.92 Å². The van der Waals surface area contributed by atoms with Crippen molar-refractivity contribution in [1.82, 2.24) is 0 Å². The highest BCUT2D eigenvalue weighted by Gasteiger charge is 2.25. The molecule has 3 nitrogen and oxygen atoms in total. The molecule has 1 N–H and O–H groups in total. The van der Waals surface area contributed by atoms with E-state index in [0.29, 0.717) is 19.1 Å². The summed E-state index contributed by atoms with van der Waals surface area (Å²) in [7, 11) is 0. The van der Waals surface area contributed by atoms with Crippen molar-refractivity contribution in [3.63, 3.8) is 0 Å². The van der Waals surface area contributed by atoms with E-state index in [4.69, 9.17) is 9.47 Å². The predicted molar refractivity (Wildman–Crippen MR) is 55.3 cm³/mol. The second-order valence-electron chi connectivity index (χ2n) is 4.38. The number of aliphatic hydroxyl groups excluding tert-OH is 1. The standard InChI is InChI=1S/C11H22O3/c1-9(2)8-13-6-7-14-11-5-3-4-10(11)12/h9-12H,3-8H2,1-2H3. The van der Waals surface area contributed by atoms with E-state index < -0.39 is 0 Å². The number of ether oxygens (including phenoxy) is 2. The molecule has 0 aliphatic heterocycles. The Balaban J connectivity index is 1.93. The third kappa shape index (κ3) is 4.40. The Kier molecular flexibility index (Phi) is 5.45. The van der Waals surface area contributed by atoms with E-state index in [0.717, 1.165) is 25.9 Å². The number of aliphatic hydroxyl groups is 1. The first-order valence-electron chi connectivity index (χ1n) is 5.57. The van der Waals surface area contributed by atoms with Gasteiger partial charge in [0.25, 0.3) is 0 Å². The van der Waals surface area contributed by atoms with Gasteiger partial charge in [-0.25, -0.2) is 0 Å². The van der Waals surface area contributed by atoms with Gasteiger partial charge >= 0.3 is 0 Å². The highest BCUT2D eigenvalue weighted by Crippen LogP contribution is 2.21. The molecular weight excluding hydrogens is 180 g/mol. The first-order chi connectivity index (χ1) is 6.70. The summed E-state index contributed by atoms with van der Waals surface area (Å²) in [5, 5.41) is 9.47. The van der Waals surface area contributed by atoms with E-state index in [-0.39, 0.29) is 12.2 Å². The average Bonchev–Trinajstić information content (AvgIpc) is 2.51. The molecule has 3 heteroatoms. The summed E-state index contributed by atoms with van der Waals surface area (Å²) < 4.78 is 10.9. The smallest absolute Gasteiger partial charge is 0.0835 e. The van der Waals surface area contributed by atoms with Gasteiger partial charge in [0.2, 0.25) is 0 Å². The molecule has 1 rings (SSSR count). The molecule has 0 aromatic rings. The molecule has 0 aromatic heterocycles. The first-order valence-corrected chi connectivity index (χ1v) is 5.57. The van der Waals surface area contributed by atoms with Crippen LogP contribution in [0, 0.1) is 5.92 Å². The van der Waals surface area contributed by atoms with Crippen LogP contribution in [0.15, 0.2) is 0 Å². The van der Waals surface area contributed by atoms with Gasteiger partial charge in [-0.1, -0.05) is 13.8 Å². The van der Waals surface area contributed by atoms with E-state index in [9.17, 15) is 5.11 Å². The summed E-state index contributed by atoms with van der Waals surface area (Å²) in [5.74, 6) is 0.576. The second-order valence-corrected chi connectivity index (χ2v) is 4.38. The number of hydrogen-bond donors (Lipinski definition) is 1. The van der Waals surface area contributed by atoms with Crippen LogP contribution in [0.25, 0.3) is 0 Å². The Morgan fingerprint density at radius 1 is 1.29 bits per heavy atom. The molecule has 0 spiro atoms. The van der Waals surface area contributed by atoms with Gasteiger partial charge in [-0.05, 0) is 25.2 Å². The molecule has 0 bridgehead atoms. The maximum absolute atomic E-state index is 9.47. The van der Waals surface area contributed by atoms with Crippen molar-refractivity contribution in [2.45, 2.75) is 45.3 Å². The van der Waals surface area contributed by atoms with Crippen LogP contribution in [-0.2, 0) is 9.47 Å². The zero-order valence-electron chi connectivity index (χ0n) is 9.24. The maximum Gasteiger partial charge on any atom is 0.0835 e. The number of rotatable bonds is 6. The normalized spacial score (nSPS) is 27.4. The molecule has 0 amide bonds. The summed E-state index contributed by atoms with van der Waals surface area (Å²) in [4.78, 5) is 0. The highest BCUT2D eigenvalue weighted by molar-refractivity contribution is 4.76. The summed E-state index contributed by atoms with van der Waals surface area (Å²) in [6.45, 7) is 6.29. The fourth-order valence-corrected chi connectivity index (χ4v) is 1.68. The molecule has 0 radical (unpaired) electrons. The summed E-state index contributed by atoms with van der Waals surface area (Å²) in [5.41, 5.74) is 0. The van der Waals surface area contributed by atoms with Gasteiger partial charge < -0.3 is 14.6 Å². The topological polar surface area (TPSA) is 38.7 Å². The Morgan fingerprint density at radius 3 is 2.64 bits per heavy atom. The quantitative estimate of drug-likeness (QED) is 0.665. The van der Waals surface area contributed by atoms with E-state index in [1.54, 1.807) is 0 Å². The molecule has 84 valence electrons. The van der Waals surface area contributed by atoms with E-state index in [1.165, 1.54) is 0 Å². The molecule has 2 unspecified atom stereocenters. The zero-order chi connectivity index (χ0) is 10.4. The van der Waals surface area contributed by atoms with Gasteiger partial charge in [0.1, 0.15) is 0 Å². The lowest BCUT2D eigenvalue weighted by atomic mass is 10.2. The van der Waals surface area contributed by atoms with Crippen LogP contribution in [0.5, 0.6) is 0 Å². The van der Waals surface area contributed by atoms with Gasteiger partial charge in [0.05, 0.1) is 25.4 Å². The molecule has 1 saturated carbocycles. The van der Waals surface area contributed by atoms with Crippen LogP contribution in [0.2, 0.25) is 0 Å². The van der Waals surface area contributed by atoms with Crippen LogP contribution in [0.3, 0.4) is 0 Å². The highest BCUT2D eigenvalue weighted by atomic mass is 16.5. The van der Waals surface area contributed by atoms with Gasteiger partial charge in [-0.15, -0.1) is 0 Å². The largest absolute Gasteiger partial charge is 0.390 e. The molecule has 2 atom stereocenters. The van der Waals surface area contributed by atoms with Crippen molar-refractivity contribution in [1.29, 1.82) is 0 Å². The summed E-state index contributed by atoms with van der Waals surface area (Å²) in [6, 6.07) is 0. The van der Waals surface area contributed by atoms with Crippen LogP contribution < -0.4 is 0 Å². The lowest BCUT2D eigenvalue weighted by molar-refractivity contribution is -0.0433. The molecule has 1 aliphatic carbocycles. The molecule has 0 heterocycles. The van der Waals surface area contributed by atoms with Crippen LogP contribution in [-0.4, -0.2) is 37.1 Å². The third-order valence-corrected chi connectivity index (χ3v) is 2.43. The minimum Gasteiger partial charge on any atom is -0.390 e. The van der Waals surface area contributed by atoms with E-state index in [2.05, 4.69) is 13.8 Å². The van der Waals surface area contributed by atoms with Crippen LogP contribution >= 0.6 is 0 Å². The van der Waals surface area contributed by atoms with Crippen molar-refractivity contribution in [2.75, 3.05) is 19.8 Å². The molecule has 1 fully saturated rings. The maximum atomic E-state index is 9.47. The molecular formula is C11H22O3. The van der Waals surface area contributed by atoms with Crippen molar-refractivity contribution in [3.8, 4) is 0 Å². The van der Waals surface area contributed by atoms with Crippen LogP contribution in [0.1, 0.15) is 33.1 Å². The Bertz CT molecular complexity index is 147. The lowest BCUT2D eigenvalue weighted by Crippen LogP contribution is -2.24. The minimum absolute atomic E-state index is 0.0534. The molecule has 0 saturated heterocycles. The SMILES string of the molecule is CC(C)COCCOC1CCCC1O. The zero-order valence-corrected chi connectivity index (χ0v) is 9.24. The minimum atomic E-state index is -0.250. The van der Waals surface area contributed by atoms with Crippen LogP contribution in [0.4, 0.5) is 0 Å². The summed E-state index contributed by atoms with van der Waals surface area (Å²) >= 11 is 0. The Labute approximate surface area is 86.4 Å². The van der Waals surface area contributed by atoms with Gasteiger partial charge in [0, 0.05) is 6.61 Å². The van der Waals surface area contributed by atoms with E-state index >= 15 is 0 Å². The Morgan fingerprint density at radius 2 is 2.07 bits per heavy atom. The summed E-state index contributed by atoms with van der Waals surface area (Å²) in [6.07, 6.45) is 2.76. The molecule has 14 heavy (non-hydrogen) atoms. The second kappa shape index (κ2) is 6.38. The predicted octanol–water partition coefficient (Wildman–Crippen LogP) is 1.59. The average molecular weight is 202 g/mol. The number of hydrogen-bond acceptors (Lipinski definition) is 3. The van der Waals surface area contributed by atoms with Gasteiger partial charge in [-0.2, -0.15) is 0 Å². The van der Waals surface area contributed by atoms with E-state index in [1.807, 2.05) is 0 Å². The monoisotopic (exact) mass is 202 g/mol. The molecule has 1 aliphatic rings. The first kappa shape index (κ1) is 12.0. The van der Waals surface area contributed by atoms with Crippen molar-refractivity contribution < 1.29 is 14.6 Å². The van der Waals surface area contributed by atoms with Crippen molar-refractivity contribution in [3.05, 3.63) is 0 Å². The Hall–Kier alpha value is -0.120. The van der Waals surface area contributed by atoms with Gasteiger partial charge in [0.15, 0.2) is 0 Å². The molecule has 0 aromatic carbocycles. The fourth-order valence-electron chi connectivity index (χ4n) is 1.68. The van der Waals surface area contributed by atoms with Crippen molar-refractivity contribution >= 4 is 0 Å². The third-order valence-electron chi connectivity index (χ3n) is 2.43. The van der Waals surface area contributed by atoms with Gasteiger partial charge in [-0.3, -0.25) is 0 Å².